The maximum absolute atomic E-state index is 13.6. The smallest absolute Gasteiger partial charge is 0.186 e. The first-order valence-corrected chi connectivity index (χ1v) is 15.9. The Bertz CT molecular complexity index is 1630. The first-order valence-electron chi connectivity index (χ1n) is 14.2. The fourth-order valence-electron chi connectivity index (χ4n) is 4.60. The summed E-state index contributed by atoms with van der Waals surface area (Å²) in [4.78, 5) is 15.9. The van der Waals surface area contributed by atoms with E-state index in [1.165, 1.54) is 26.1 Å². The van der Waals surface area contributed by atoms with Crippen molar-refractivity contribution >= 4 is 49.9 Å². The average molecular weight is 581 g/mol. The minimum Gasteiger partial charge on any atom is -0.289 e. The second kappa shape index (κ2) is 12.2. The number of carbonyl (C=O) groups is 1. The molecule has 0 fully saturated rings. The molecule has 2 aromatic heterocycles. The summed E-state index contributed by atoms with van der Waals surface area (Å²) in [5.74, 6) is 0.116. The van der Waals surface area contributed by atoms with Gasteiger partial charge in [0.25, 0.3) is 0 Å². The number of benzene rings is 2. The first-order chi connectivity index (χ1) is 19.4. The minimum absolute atomic E-state index is 0.116. The fraction of sp³-hybridized carbons (Fsp3) is 0.306. The lowest BCUT2D eigenvalue weighted by Crippen LogP contribution is -2.28. The number of carbonyl (C=O) groups excluding carboxylic acids is 1. The second-order valence-electron chi connectivity index (χ2n) is 12.1. The fourth-order valence-corrected chi connectivity index (χ4v) is 6.38. The van der Waals surface area contributed by atoms with Crippen molar-refractivity contribution in [3.05, 3.63) is 105 Å². The highest BCUT2D eigenvalue weighted by Gasteiger charge is 2.35. The monoisotopic (exact) mass is 580 g/mol. The van der Waals surface area contributed by atoms with Crippen LogP contribution in [0.4, 0.5) is 5.69 Å². The maximum atomic E-state index is 13.6. The van der Waals surface area contributed by atoms with Crippen LogP contribution in [0.15, 0.2) is 105 Å². The standard InChI is InChI=1S/C34H34N2OS2.C2H6/c1-21-10-13-25(14-11-21)35-36-31(24-18-26(33(2,3)4)32(37)27(19-24)34(5,6)7)30-20-23-17-22(12-15-29(23)39-30)28-9-8-16-38-28;1-2/h8-20H,1-7H3;1-2H3. The van der Waals surface area contributed by atoms with E-state index in [-0.39, 0.29) is 16.6 Å². The first kappa shape index (κ1) is 30.5. The highest BCUT2D eigenvalue weighted by molar-refractivity contribution is 7.20. The Morgan fingerprint density at radius 3 is 2.00 bits per heavy atom. The van der Waals surface area contributed by atoms with E-state index in [9.17, 15) is 4.79 Å². The lowest BCUT2D eigenvalue weighted by atomic mass is 9.71. The number of hydrogen-bond donors (Lipinski definition) is 0. The summed E-state index contributed by atoms with van der Waals surface area (Å²) >= 11 is 3.45. The molecule has 0 saturated carbocycles. The van der Waals surface area contributed by atoms with Crippen molar-refractivity contribution in [3.63, 3.8) is 0 Å². The van der Waals surface area contributed by atoms with Crippen LogP contribution in [0.2, 0.25) is 0 Å². The largest absolute Gasteiger partial charge is 0.289 e. The van der Waals surface area contributed by atoms with Crippen molar-refractivity contribution < 1.29 is 4.79 Å². The molecule has 0 amide bonds. The number of aryl methyl sites for hydroxylation is 1. The van der Waals surface area contributed by atoms with Crippen molar-refractivity contribution in [1.29, 1.82) is 0 Å². The summed E-state index contributed by atoms with van der Waals surface area (Å²) < 4.78 is 1.20. The van der Waals surface area contributed by atoms with Crippen molar-refractivity contribution in [3.8, 4) is 10.4 Å². The molecular weight excluding hydrogens is 541 g/mol. The zero-order chi connectivity index (χ0) is 29.9. The van der Waals surface area contributed by atoms with Gasteiger partial charge in [-0.1, -0.05) is 85.2 Å². The Hall–Kier alpha value is -3.41. The van der Waals surface area contributed by atoms with E-state index in [0.29, 0.717) is 0 Å². The highest BCUT2D eigenvalue weighted by atomic mass is 32.1. The molecule has 0 radical (unpaired) electrons. The third-order valence-electron chi connectivity index (χ3n) is 6.83. The number of hydrogen-bond acceptors (Lipinski definition) is 5. The van der Waals surface area contributed by atoms with E-state index < -0.39 is 0 Å². The number of rotatable bonds is 4. The number of fused-ring (bicyclic) bond motifs is 1. The predicted octanol–water partition coefficient (Wildman–Crippen LogP) is 12.0. The summed E-state index contributed by atoms with van der Waals surface area (Å²) in [6.07, 6.45) is 4.06. The van der Waals surface area contributed by atoms with Crippen LogP contribution in [0.25, 0.3) is 26.2 Å². The van der Waals surface area contributed by atoms with Gasteiger partial charge < -0.3 is 0 Å². The van der Waals surface area contributed by atoms with E-state index in [1.54, 1.807) is 22.7 Å². The van der Waals surface area contributed by atoms with E-state index in [1.807, 2.05) is 50.3 Å². The molecule has 0 N–H and O–H groups in total. The molecule has 2 heterocycles. The van der Waals surface area contributed by atoms with Gasteiger partial charge >= 0.3 is 0 Å². The van der Waals surface area contributed by atoms with Gasteiger partial charge in [-0.15, -0.1) is 27.8 Å². The van der Waals surface area contributed by atoms with Crippen molar-refractivity contribution in [2.75, 3.05) is 0 Å². The summed E-state index contributed by atoms with van der Waals surface area (Å²) in [7, 11) is 0. The van der Waals surface area contributed by atoms with E-state index in [2.05, 4.69) is 95.4 Å². The van der Waals surface area contributed by atoms with Crippen LogP contribution in [-0.2, 0) is 4.79 Å². The minimum atomic E-state index is -0.303. The molecule has 4 aromatic rings. The zero-order valence-electron chi connectivity index (χ0n) is 25.6. The molecule has 5 rings (SSSR count). The van der Waals surface area contributed by atoms with Gasteiger partial charge in [-0.05, 0) is 82.6 Å². The Kier molecular flexibility index (Phi) is 9.10. The predicted molar refractivity (Wildman–Crippen MR) is 179 cm³/mol. The molecule has 0 atom stereocenters. The zero-order valence-corrected chi connectivity index (χ0v) is 27.3. The lowest BCUT2D eigenvalue weighted by Gasteiger charge is -2.31. The average Bonchev–Trinajstić information content (AvgIpc) is 3.60. The maximum Gasteiger partial charge on any atom is 0.186 e. The molecule has 0 unspecified atom stereocenters. The molecule has 1 aliphatic rings. The molecular formula is C36H40N2OS2. The quantitative estimate of drug-likeness (QED) is 0.221. The van der Waals surface area contributed by atoms with Crippen LogP contribution >= 0.6 is 22.7 Å². The van der Waals surface area contributed by atoms with Gasteiger partial charge in [0, 0.05) is 26.3 Å². The van der Waals surface area contributed by atoms with Crippen molar-refractivity contribution in [1.82, 2.24) is 0 Å². The molecule has 0 aliphatic heterocycles. The van der Waals surface area contributed by atoms with Gasteiger partial charge in [0.15, 0.2) is 5.78 Å². The molecule has 5 heteroatoms. The molecule has 2 aromatic carbocycles. The molecule has 212 valence electrons. The topological polar surface area (TPSA) is 41.8 Å². The SMILES string of the molecule is CC.Cc1ccc(N=NC(=C2C=C(C(C)(C)C)C(=O)C(C(C)(C)C)=C2)c2cc3cc(-c4cccs4)ccc3s2)cc1. The van der Waals surface area contributed by atoms with E-state index >= 15 is 0 Å². The highest BCUT2D eigenvalue weighted by Crippen LogP contribution is 2.43. The third-order valence-corrected chi connectivity index (χ3v) is 8.87. The Balaban J connectivity index is 0.00000189. The van der Waals surface area contributed by atoms with Crippen LogP contribution in [0.3, 0.4) is 0 Å². The number of ketones is 1. The molecule has 0 bridgehead atoms. The summed E-state index contributed by atoms with van der Waals surface area (Å²) in [6, 6.07) is 21.1. The molecule has 0 saturated heterocycles. The van der Waals surface area contributed by atoms with Crippen molar-refractivity contribution in [2.45, 2.75) is 62.3 Å². The van der Waals surface area contributed by atoms with Crippen LogP contribution < -0.4 is 0 Å². The van der Waals surface area contributed by atoms with Gasteiger partial charge in [0.05, 0.1) is 10.6 Å². The van der Waals surface area contributed by atoms with Gasteiger partial charge in [-0.2, -0.15) is 5.11 Å². The number of Topliss-reactive ketones (excluding diaryl/α,β-unsaturated/α-hetero) is 1. The number of allylic oxidation sites excluding steroid dienone is 5. The Morgan fingerprint density at radius 1 is 0.805 bits per heavy atom. The van der Waals surface area contributed by atoms with Crippen LogP contribution in [0.5, 0.6) is 0 Å². The van der Waals surface area contributed by atoms with Gasteiger partial charge in [0.1, 0.15) is 5.70 Å². The number of thiophene rings is 2. The van der Waals surface area contributed by atoms with Crippen LogP contribution in [0, 0.1) is 17.8 Å². The van der Waals surface area contributed by atoms with E-state index in [4.69, 9.17) is 5.11 Å². The summed E-state index contributed by atoms with van der Waals surface area (Å²) in [5, 5.41) is 12.8. The Labute approximate surface area is 253 Å². The number of nitrogens with zero attached hydrogens (tertiary/aromatic N) is 2. The van der Waals surface area contributed by atoms with Gasteiger partial charge in [0.2, 0.25) is 0 Å². The number of azo groups is 1. The summed E-state index contributed by atoms with van der Waals surface area (Å²) in [6.45, 7) is 18.6. The van der Waals surface area contributed by atoms with Gasteiger partial charge in [-0.3, -0.25) is 4.79 Å². The normalized spacial score (nSPS) is 14.2. The third kappa shape index (κ3) is 6.91. The molecule has 0 spiro atoms. The van der Waals surface area contributed by atoms with Crippen LogP contribution in [-0.4, -0.2) is 5.78 Å². The van der Waals surface area contributed by atoms with Gasteiger partial charge in [-0.25, -0.2) is 0 Å². The molecule has 3 nitrogen and oxygen atoms in total. The summed E-state index contributed by atoms with van der Waals surface area (Å²) in [5.41, 5.74) is 5.89. The molecule has 41 heavy (non-hydrogen) atoms. The Morgan fingerprint density at radius 2 is 1.44 bits per heavy atom. The lowest BCUT2D eigenvalue weighted by molar-refractivity contribution is -0.114. The van der Waals surface area contributed by atoms with Crippen molar-refractivity contribution in [2.24, 2.45) is 21.1 Å². The van der Waals surface area contributed by atoms with Crippen LogP contribution in [0.1, 0.15) is 65.8 Å². The second-order valence-corrected chi connectivity index (χ2v) is 14.2. The van der Waals surface area contributed by atoms with E-state index in [0.717, 1.165) is 33.0 Å². The molecule has 1 aliphatic carbocycles.